The second-order valence-electron chi connectivity index (χ2n) is 3.05. The number of pyridine rings is 1. The van der Waals surface area contributed by atoms with E-state index in [4.69, 9.17) is 0 Å². The van der Waals surface area contributed by atoms with E-state index < -0.39 is 5.83 Å². The highest BCUT2D eigenvalue weighted by atomic mass is 32.1. The smallest absolute Gasteiger partial charge is 0.101 e. The maximum Gasteiger partial charge on any atom is 0.101 e. The molecule has 0 N–H and O–H groups in total. The molecule has 0 unspecified atom stereocenters. The number of hydrogen-bond donors (Lipinski definition) is 0. The van der Waals surface area contributed by atoms with E-state index in [9.17, 15) is 4.39 Å². The summed E-state index contributed by atoms with van der Waals surface area (Å²) >= 11 is 1.54. The van der Waals surface area contributed by atoms with Crippen LogP contribution in [0.3, 0.4) is 0 Å². The van der Waals surface area contributed by atoms with Gasteiger partial charge in [0, 0.05) is 13.1 Å². The molecule has 0 aliphatic heterocycles. The highest BCUT2D eigenvalue weighted by Crippen LogP contribution is 2.26. The molecule has 75 valence electrons. The van der Waals surface area contributed by atoms with E-state index in [1.165, 1.54) is 6.08 Å². The molecule has 15 heavy (non-hydrogen) atoms. The third kappa shape index (κ3) is 2.50. The summed E-state index contributed by atoms with van der Waals surface area (Å²) in [6.07, 6.45) is 3.15. The van der Waals surface area contributed by atoms with Gasteiger partial charge in [0.2, 0.25) is 0 Å². The molecule has 0 aromatic carbocycles. The fourth-order valence-corrected chi connectivity index (χ4v) is 2.10. The average molecular weight is 218 g/mol. The first-order chi connectivity index (χ1) is 7.25. The van der Waals surface area contributed by atoms with Crippen molar-refractivity contribution in [1.29, 1.82) is 0 Å². The molecule has 0 saturated heterocycles. The summed E-state index contributed by atoms with van der Waals surface area (Å²) in [5.41, 5.74) is 1.74. The molecular weight excluding hydrogens is 209 g/mol. The fourth-order valence-electron chi connectivity index (χ4n) is 1.25. The summed E-state index contributed by atoms with van der Waals surface area (Å²) in [7, 11) is 0. The van der Waals surface area contributed by atoms with Gasteiger partial charge in [-0.1, -0.05) is 6.07 Å². The number of rotatable bonds is 2. The number of allylic oxidation sites excluding steroid dienone is 1. The molecule has 0 amide bonds. The molecule has 2 aromatic heterocycles. The van der Waals surface area contributed by atoms with Crippen LogP contribution >= 0.6 is 11.3 Å². The van der Waals surface area contributed by atoms with Crippen LogP contribution in [0.5, 0.6) is 0 Å². The molecule has 0 saturated carbocycles. The van der Waals surface area contributed by atoms with Crippen LogP contribution in [0.1, 0.15) is 5.56 Å². The standard InChI is InChI=1S/C12H9FNS/c1-9(13)6-10-7-12(15-8-10)11-4-2-3-5-14-11/h2-8H,1H2/b9-6+. The predicted molar refractivity (Wildman–Crippen MR) is 62.0 cm³/mol. The Kier molecular flexibility index (Phi) is 2.92. The van der Waals surface area contributed by atoms with Crippen molar-refractivity contribution >= 4 is 17.4 Å². The Morgan fingerprint density at radius 2 is 2.33 bits per heavy atom. The summed E-state index contributed by atoms with van der Waals surface area (Å²) in [5, 5.41) is 1.88. The summed E-state index contributed by atoms with van der Waals surface area (Å²) in [6, 6.07) is 7.63. The lowest BCUT2D eigenvalue weighted by molar-refractivity contribution is 0.673. The maximum atomic E-state index is 12.5. The van der Waals surface area contributed by atoms with Crippen molar-refractivity contribution in [2.75, 3.05) is 0 Å². The van der Waals surface area contributed by atoms with Crippen molar-refractivity contribution in [1.82, 2.24) is 4.98 Å². The SMILES string of the molecule is [CH2]/C(F)=C\c1csc(-c2ccccn2)c1. The van der Waals surface area contributed by atoms with Gasteiger partial charge in [0.25, 0.3) is 0 Å². The number of hydrogen-bond acceptors (Lipinski definition) is 2. The maximum absolute atomic E-state index is 12.5. The Labute approximate surface area is 91.9 Å². The first-order valence-corrected chi connectivity index (χ1v) is 5.33. The number of thiophene rings is 1. The van der Waals surface area contributed by atoms with E-state index in [-0.39, 0.29) is 0 Å². The first kappa shape index (κ1) is 10.1. The van der Waals surface area contributed by atoms with Crippen LogP contribution in [0.4, 0.5) is 4.39 Å². The van der Waals surface area contributed by atoms with Crippen molar-refractivity contribution in [3.8, 4) is 10.6 Å². The zero-order valence-corrected chi connectivity index (χ0v) is 8.80. The highest BCUT2D eigenvalue weighted by molar-refractivity contribution is 7.13. The lowest BCUT2D eigenvalue weighted by Gasteiger charge is -1.92. The lowest BCUT2D eigenvalue weighted by Crippen LogP contribution is -1.76. The van der Waals surface area contributed by atoms with Gasteiger partial charge in [0.1, 0.15) is 5.83 Å². The molecule has 1 nitrogen and oxygen atoms in total. The van der Waals surface area contributed by atoms with E-state index >= 15 is 0 Å². The predicted octanol–water partition coefficient (Wildman–Crippen LogP) is 3.95. The normalized spacial score (nSPS) is 11.7. The quantitative estimate of drug-likeness (QED) is 0.743. The van der Waals surface area contributed by atoms with Gasteiger partial charge in [0.15, 0.2) is 0 Å². The summed E-state index contributed by atoms with van der Waals surface area (Å²) in [6.45, 7) is 3.20. The molecule has 2 rings (SSSR count). The third-order valence-electron chi connectivity index (χ3n) is 1.86. The minimum atomic E-state index is -0.430. The minimum absolute atomic E-state index is 0.430. The van der Waals surface area contributed by atoms with Crippen LogP contribution in [0.2, 0.25) is 0 Å². The molecule has 0 atom stereocenters. The van der Waals surface area contributed by atoms with Gasteiger partial charge in [-0.2, -0.15) is 0 Å². The van der Waals surface area contributed by atoms with E-state index in [1.807, 2.05) is 29.6 Å². The van der Waals surface area contributed by atoms with Crippen molar-refractivity contribution < 1.29 is 4.39 Å². The lowest BCUT2D eigenvalue weighted by atomic mass is 10.2. The Bertz CT molecular complexity index is 469. The van der Waals surface area contributed by atoms with Gasteiger partial charge < -0.3 is 0 Å². The van der Waals surface area contributed by atoms with Gasteiger partial charge in [-0.05, 0) is 35.2 Å². The average Bonchev–Trinajstić information content (AvgIpc) is 2.67. The Balaban J connectivity index is 2.32. The van der Waals surface area contributed by atoms with Crippen molar-refractivity contribution in [3.05, 3.63) is 54.2 Å². The Morgan fingerprint density at radius 1 is 1.47 bits per heavy atom. The van der Waals surface area contributed by atoms with E-state index in [1.54, 1.807) is 17.5 Å². The first-order valence-electron chi connectivity index (χ1n) is 4.45. The van der Waals surface area contributed by atoms with E-state index in [0.717, 1.165) is 16.1 Å². The molecular formula is C12H9FNS. The second kappa shape index (κ2) is 4.36. The van der Waals surface area contributed by atoms with Gasteiger partial charge >= 0.3 is 0 Å². The van der Waals surface area contributed by atoms with Crippen molar-refractivity contribution in [2.45, 2.75) is 0 Å². The van der Waals surface area contributed by atoms with Crippen LogP contribution in [0, 0.1) is 6.92 Å². The monoisotopic (exact) mass is 218 g/mol. The van der Waals surface area contributed by atoms with E-state index in [2.05, 4.69) is 11.9 Å². The van der Waals surface area contributed by atoms with Crippen LogP contribution in [-0.4, -0.2) is 4.98 Å². The van der Waals surface area contributed by atoms with Crippen LogP contribution in [-0.2, 0) is 0 Å². The van der Waals surface area contributed by atoms with Crippen LogP contribution in [0.15, 0.2) is 41.7 Å². The number of aromatic nitrogens is 1. The van der Waals surface area contributed by atoms with Gasteiger partial charge in [-0.15, -0.1) is 11.3 Å². The zero-order chi connectivity index (χ0) is 10.7. The van der Waals surface area contributed by atoms with Gasteiger partial charge in [-0.3, -0.25) is 4.98 Å². The number of halogens is 1. The minimum Gasteiger partial charge on any atom is -0.255 e. The summed E-state index contributed by atoms with van der Waals surface area (Å²) in [4.78, 5) is 5.25. The van der Waals surface area contributed by atoms with Crippen LogP contribution in [0.25, 0.3) is 16.6 Å². The Hall–Kier alpha value is -1.48. The number of nitrogens with zero attached hydrogens (tertiary/aromatic N) is 1. The van der Waals surface area contributed by atoms with Crippen LogP contribution < -0.4 is 0 Å². The topological polar surface area (TPSA) is 12.9 Å². The molecule has 1 radical (unpaired) electrons. The van der Waals surface area contributed by atoms with Crippen molar-refractivity contribution in [2.24, 2.45) is 0 Å². The molecule has 3 heteroatoms. The largest absolute Gasteiger partial charge is 0.255 e. The van der Waals surface area contributed by atoms with Gasteiger partial charge in [0.05, 0.1) is 10.6 Å². The third-order valence-corrected chi connectivity index (χ3v) is 2.83. The fraction of sp³-hybridized carbons (Fsp3) is 0. The molecule has 0 fully saturated rings. The second-order valence-corrected chi connectivity index (χ2v) is 3.96. The van der Waals surface area contributed by atoms with E-state index in [0.29, 0.717) is 0 Å². The summed E-state index contributed by atoms with van der Waals surface area (Å²) < 4.78 is 12.5. The molecule has 0 bridgehead atoms. The molecule has 2 aromatic rings. The molecule has 0 aliphatic rings. The molecule has 2 heterocycles. The summed E-state index contributed by atoms with van der Waals surface area (Å²) in [5.74, 6) is -0.430. The highest BCUT2D eigenvalue weighted by Gasteiger charge is 2.01. The van der Waals surface area contributed by atoms with Crippen molar-refractivity contribution in [3.63, 3.8) is 0 Å². The molecule has 0 spiro atoms. The molecule has 0 aliphatic carbocycles. The Morgan fingerprint density at radius 3 is 3.00 bits per heavy atom. The zero-order valence-electron chi connectivity index (χ0n) is 7.98. The van der Waals surface area contributed by atoms with Gasteiger partial charge in [-0.25, -0.2) is 4.39 Å².